The van der Waals surface area contributed by atoms with Gasteiger partial charge in [0.1, 0.15) is 6.61 Å². The second-order valence-electron chi connectivity index (χ2n) is 4.26. The average molecular weight is 237 g/mol. The molecular formula is C12H15NO4. The van der Waals surface area contributed by atoms with Crippen molar-refractivity contribution >= 4 is 17.7 Å². The zero-order valence-electron chi connectivity index (χ0n) is 9.77. The van der Waals surface area contributed by atoms with Gasteiger partial charge in [0.15, 0.2) is 0 Å². The zero-order valence-corrected chi connectivity index (χ0v) is 9.77. The molecular weight excluding hydrogens is 222 g/mol. The van der Waals surface area contributed by atoms with Crippen LogP contribution < -0.4 is 5.32 Å². The minimum absolute atomic E-state index is 0.180. The van der Waals surface area contributed by atoms with Crippen molar-refractivity contribution in [3.05, 3.63) is 30.3 Å². The van der Waals surface area contributed by atoms with E-state index in [1.165, 1.54) is 13.8 Å². The molecule has 0 aliphatic heterocycles. The largest absolute Gasteiger partial charge is 0.481 e. The molecule has 0 aromatic heterocycles. The number of carboxylic acid groups (broad SMARTS) is 1. The SMILES string of the molecule is CC(C)(COC(=O)Nc1ccccc1)C(=O)O. The minimum atomic E-state index is -1.09. The standard InChI is InChI=1S/C12H15NO4/c1-12(2,10(14)15)8-17-11(16)13-9-6-4-3-5-7-9/h3-7H,8H2,1-2H3,(H,13,16)(H,14,15). The summed E-state index contributed by atoms with van der Waals surface area (Å²) in [6.07, 6.45) is -0.662. The van der Waals surface area contributed by atoms with E-state index in [4.69, 9.17) is 9.84 Å². The lowest BCUT2D eigenvalue weighted by atomic mass is 9.95. The van der Waals surface area contributed by atoms with Gasteiger partial charge in [0.25, 0.3) is 0 Å². The van der Waals surface area contributed by atoms with Gasteiger partial charge in [-0.3, -0.25) is 10.1 Å². The van der Waals surface area contributed by atoms with Crippen LogP contribution in [0.1, 0.15) is 13.8 Å². The highest BCUT2D eigenvalue weighted by Crippen LogP contribution is 2.16. The Hall–Kier alpha value is -2.04. The Morgan fingerprint density at radius 2 is 1.88 bits per heavy atom. The first-order valence-electron chi connectivity index (χ1n) is 5.14. The van der Waals surface area contributed by atoms with Crippen LogP contribution in [0.5, 0.6) is 0 Å². The number of para-hydroxylation sites is 1. The van der Waals surface area contributed by atoms with Gasteiger partial charge in [-0.15, -0.1) is 0 Å². The van der Waals surface area contributed by atoms with Crippen LogP contribution in [0, 0.1) is 5.41 Å². The third-order valence-corrected chi connectivity index (χ3v) is 2.16. The van der Waals surface area contributed by atoms with E-state index in [1.54, 1.807) is 24.3 Å². The van der Waals surface area contributed by atoms with E-state index in [9.17, 15) is 9.59 Å². The lowest BCUT2D eigenvalue weighted by Gasteiger charge is -2.18. The van der Waals surface area contributed by atoms with Gasteiger partial charge >= 0.3 is 12.1 Å². The van der Waals surface area contributed by atoms with E-state index < -0.39 is 17.5 Å². The van der Waals surface area contributed by atoms with E-state index >= 15 is 0 Å². The van der Waals surface area contributed by atoms with Crippen LogP contribution in [-0.4, -0.2) is 23.8 Å². The Morgan fingerprint density at radius 1 is 1.29 bits per heavy atom. The van der Waals surface area contributed by atoms with Gasteiger partial charge in [-0.1, -0.05) is 18.2 Å². The first-order valence-corrected chi connectivity index (χ1v) is 5.14. The van der Waals surface area contributed by atoms with Crippen molar-refractivity contribution in [3.63, 3.8) is 0 Å². The highest BCUT2D eigenvalue weighted by molar-refractivity contribution is 5.84. The van der Waals surface area contributed by atoms with Gasteiger partial charge in [0, 0.05) is 5.69 Å². The number of ether oxygens (including phenoxy) is 1. The molecule has 17 heavy (non-hydrogen) atoms. The molecule has 0 radical (unpaired) electrons. The fourth-order valence-electron chi connectivity index (χ4n) is 0.983. The summed E-state index contributed by atoms with van der Waals surface area (Å²) < 4.78 is 4.84. The highest BCUT2D eigenvalue weighted by atomic mass is 16.5. The summed E-state index contributed by atoms with van der Waals surface area (Å²) in [5, 5.41) is 11.3. The van der Waals surface area contributed by atoms with Crippen molar-refractivity contribution in [2.24, 2.45) is 5.41 Å². The second-order valence-corrected chi connectivity index (χ2v) is 4.26. The molecule has 0 heterocycles. The molecule has 2 N–H and O–H groups in total. The molecule has 0 atom stereocenters. The molecule has 1 amide bonds. The average Bonchev–Trinajstić information content (AvgIpc) is 2.28. The van der Waals surface area contributed by atoms with Crippen LogP contribution in [0.3, 0.4) is 0 Å². The first-order chi connectivity index (χ1) is 7.92. The molecule has 1 rings (SSSR count). The third kappa shape index (κ3) is 4.14. The summed E-state index contributed by atoms with van der Waals surface area (Å²) in [4.78, 5) is 22.1. The molecule has 5 nitrogen and oxygen atoms in total. The lowest BCUT2D eigenvalue weighted by Crippen LogP contribution is -2.31. The van der Waals surface area contributed by atoms with Crippen LogP contribution >= 0.6 is 0 Å². The summed E-state index contributed by atoms with van der Waals surface area (Å²) in [5.74, 6) is -1.01. The maximum Gasteiger partial charge on any atom is 0.411 e. The maximum atomic E-state index is 11.4. The second kappa shape index (κ2) is 5.34. The summed E-state index contributed by atoms with van der Waals surface area (Å²) in [6, 6.07) is 8.80. The number of rotatable bonds is 4. The van der Waals surface area contributed by atoms with Gasteiger partial charge in [-0.05, 0) is 26.0 Å². The monoisotopic (exact) mass is 237 g/mol. The number of amides is 1. The molecule has 0 bridgehead atoms. The molecule has 0 saturated carbocycles. The number of carbonyl (C=O) groups excluding carboxylic acids is 1. The van der Waals surface area contributed by atoms with Gasteiger partial charge in [-0.25, -0.2) is 4.79 Å². The number of carbonyl (C=O) groups is 2. The van der Waals surface area contributed by atoms with Gasteiger partial charge in [0.05, 0.1) is 5.41 Å². The van der Waals surface area contributed by atoms with Crippen LogP contribution in [0.25, 0.3) is 0 Å². The minimum Gasteiger partial charge on any atom is -0.481 e. The smallest absolute Gasteiger partial charge is 0.411 e. The quantitative estimate of drug-likeness (QED) is 0.842. The predicted molar refractivity (Wildman–Crippen MR) is 62.8 cm³/mol. The number of nitrogens with one attached hydrogen (secondary N) is 1. The molecule has 0 unspecified atom stereocenters. The number of benzene rings is 1. The van der Waals surface area contributed by atoms with Crippen molar-refractivity contribution < 1.29 is 19.4 Å². The van der Waals surface area contributed by atoms with E-state index in [1.807, 2.05) is 6.07 Å². The van der Waals surface area contributed by atoms with Crippen LogP contribution in [-0.2, 0) is 9.53 Å². The van der Waals surface area contributed by atoms with Crippen molar-refractivity contribution in [3.8, 4) is 0 Å². The van der Waals surface area contributed by atoms with E-state index in [0.717, 1.165) is 0 Å². The molecule has 0 aliphatic carbocycles. The van der Waals surface area contributed by atoms with Crippen molar-refractivity contribution in [1.29, 1.82) is 0 Å². The summed E-state index contributed by atoms with van der Waals surface area (Å²) in [6.45, 7) is 2.80. The van der Waals surface area contributed by atoms with E-state index in [-0.39, 0.29) is 6.61 Å². The maximum absolute atomic E-state index is 11.4. The number of hydrogen-bond acceptors (Lipinski definition) is 3. The molecule has 0 saturated heterocycles. The van der Waals surface area contributed by atoms with Crippen molar-refractivity contribution in [2.75, 3.05) is 11.9 Å². The van der Waals surface area contributed by atoms with E-state index in [0.29, 0.717) is 5.69 Å². The van der Waals surface area contributed by atoms with Gasteiger partial charge in [0.2, 0.25) is 0 Å². The molecule has 5 heteroatoms. The van der Waals surface area contributed by atoms with Gasteiger partial charge in [-0.2, -0.15) is 0 Å². The summed E-state index contributed by atoms with van der Waals surface area (Å²) >= 11 is 0. The summed E-state index contributed by atoms with van der Waals surface area (Å²) in [5.41, 5.74) is -0.487. The van der Waals surface area contributed by atoms with Crippen LogP contribution in [0.15, 0.2) is 30.3 Å². The Labute approximate surface area is 99.4 Å². The first kappa shape index (κ1) is 13.0. The predicted octanol–water partition coefficient (Wildman–Crippen LogP) is 2.35. The Morgan fingerprint density at radius 3 is 2.41 bits per heavy atom. The lowest BCUT2D eigenvalue weighted by molar-refractivity contribution is -0.148. The Bertz CT molecular complexity index is 400. The molecule has 0 spiro atoms. The molecule has 92 valence electrons. The number of aliphatic carboxylic acids is 1. The van der Waals surface area contributed by atoms with Crippen molar-refractivity contribution in [2.45, 2.75) is 13.8 Å². The highest BCUT2D eigenvalue weighted by Gasteiger charge is 2.28. The topological polar surface area (TPSA) is 75.6 Å². The van der Waals surface area contributed by atoms with Crippen LogP contribution in [0.2, 0.25) is 0 Å². The van der Waals surface area contributed by atoms with E-state index in [2.05, 4.69) is 5.32 Å². The number of anilines is 1. The molecule has 1 aromatic carbocycles. The Kier molecular flexibility index (Phi) is 4.09. The third-order valence-electron chi connectivity index (χ3n) is 2.16. The number of carboxylic acids is 1. The number of hydrogen-bond donors (Lipinski definition) is 2. The fourth-order valence-corrected chi connectivity index (χ4v) is 0.983. The summed E-state index contributed by atoms with van der Waals surface area (Å²) in [7, 11) is 0. The Balaban J connectivity index is 2.44. The zero-order chi connectivity index (χ0) is 12.9. The molecule has 1 aromatic rings. The van der Waals surface area contributed by atoms with Crippen molar-refractivity contribution in [1.82, 2.24) is 0 Å². The molecule has 0 aliphatic rings. The molecule has 0 fully saturated rings. The normalized spacial score (nSPS) is 10.7. The van der Waals surface area contributed by atoms with Gasteiger partial charge < -0.3 is 9.84 Å². The van der Waals surface area contributed by atoms with Crippen LogP contribution in [0.4, 0.5) is 10.5 Å². The fraction of sp³-hybridized carbons (Fsp3) is 0.333.